The molecule has 2 aliphatic rings. The lowest BCUT2D eigenvalue weighted by atomic mass is 9.95. The molecule has 0 radical (unpaired) electrons. The van der Waals surface area contributed by atoms with Gasteiger partial charge in [-0.3, -0.25) is 4.90 Å². The van der Waals surface area contributed by atoms with Crippen molar-refractivity contribution in [3.8, 4) is 0 Å². The van der Waals surface area contributed by atoms with E-state index in [0.29, 0.717) is 6.04 Å². The minimum absolute atomic E-state index is 0.213. The minimum atomic E-state index is 0.213. The third-order valence-corrected chi connectivity index (χ3v) is 6.47. The summed E-state index contributed by atoms with van der Waals surface area (Å²) in [4.78, 5) is 3.97. The van der Waals surface area contributed by atoms with E-state index in [4.69, 9.17) is 0 Å². The molecule has 1 saturated carbocycles. The number of hydrogen-bond donors (Lipinski definition) is 0. The predicted octanol–water partition coefficient (Wildman–Crippen LogP) is 4.06. The first kappa shape index (κ1) is 16.2. The van der Waals surface area contributed by atoms with Crippen molar-refractivity contribution in [1.29, 1.82) is 0 Å². The van der Waals surface area contributed by atoms with Crippen LogP contribution in [0.25, 0.3) is 0 Å². The molecule has 0 spiro atoms. The molecule has 2 aromatic heterocycles. The lowest BCUT2D eigenvalue weighted by Crippen LogP contribution is -2.39. The Labute approximate surface area is 148 Å². The van der Waals surface area contributed by atoms with E-state index in [1.54, 1.807) is 0 Å². The Morgan fingerprint density at radius 3 is 2.79 bits per heavy atom. The largest absolute Gasteiger partial charge is 0.289 e. The van der Waals surface area contributed by atoms with Crippen molar-refractivity contribution in [2.24, 2.45) is 5.92 Å². The predicted molar refractivity (Wildman–Crippen MR) is 96.1 cm³/mol. The molecular weight excluding hydrogens is 318 g/mol. The van der Waals surface area contributed by atoms with Crippen LogP contribution in [0.1, 0.15) is 74.7 Å². The summed E-state index contributed by atoms with van der Waals surface area (Å²) >= 11 is 1.83. The molecule has 1 aliphatic carbocycles. The molecule has 6 heteroatoms. The van der Waals surface area contributed by atoms with Crippen molar-refractivity contribution in [2.75, 3.05) is 13.1 Å². The Morgan fingerprint density at radius 2 is 2.04 bits per heavy atom. The van der Waals surface area contributed by atoms with Gasteiger partial charge in [0, 0.05) is 11.4 Å². The highest BCUT2D eigenvalue weighted by Gasteiger charge is 2.33. The number of tetrazole rings is 1. The van der Waals surface area contributed by atoms with Gasteiger partial charge in [0.05, 0.1) is 6.04 Å². The zero-order chi connectivity index (χ0) is 16.4. The molecule has 5 nitrogen and oxygen atoms in total. The number of aromatic nitrogens is 4. The first-order valence-electron chi connectivity index (χ1n) is 9.38. The number of hydrogen-bond acceptors (Lipinski definition) is 5. The first-order chi connectivity index (χ1) is 11.8. The van der Waals surface area contributed by atoms with Crippen molar-refractivity contribution in [1.82, 2.24) is 25.1 Å². The summed E-state index contributed by atoms with van der Waals surface area (Å²) in [5, 5.41) is 15.2. The van der Waals surface area contributed by atoms with Crippen molar-refractivity contribution in [3.05, 3.63) is 28.2 Å². The SMILES string of the molecule is C[C@H]1CCCN([C@H](c2cccs2)c2nnnn2C2CCCCC2)C1. The maximum atomic E-state index is 4.51. The lowest BCUT2D eigenvalue weighted by Gasteiger charge is -2.36. The number of nitrogens with zero attached hydrogens (tertiary/aromatic N) is 5. The Balaban J connectivity index is 1.68. The normalized spacial score (nSPS) is 25.0. The summed E-state index contributed by atoms with van der Waals surface area (Å²) in [7, 11) is 0. The molecule has 1 saturated heterocycles. The summed E-state index contributed by atoms with van der Waals surface area (Å²) in [6, 6.07) is 5.09. The Kier molecular flexibility index (Phi) is 4.94. The number of piperidine rings is 1. The molecule has 0 unspecified atom stereocenters. The number of rotatable bonds is 4. The second kappa shape index (κ2) is 7.31. The molecule has 2 aromatic rings. The molecule has 2 atom stereocenters. The maximum Gasteiger partial charge on any atom is 0.174 e. The van der Waals surface area contributed by atoms with Crippen LogP contribution in [0.15, 0.2) is 17.5 Å². The first-order valence-corrected chi connectivity index (χ1v) is 10.3. The zero-order valence-corrected chi connectivity index (χ0v) is 15.3. The van der Waals surface area contributed by atoms with Crippen LogP contribution in [0.5, 0.6) is 0 Å². The average Bonchev–Trinajstić information content (AvgIpc) is 3.29. The number of likely N-dealkylation sites (tertiary alicyclic amines) is 1. The van der Waals surface area contributed by atoms with Gasteiger partial charge in [-0.15, -0.1) is 16.4 Å². The van der Waals surface area contributed by atoms with Gasteiger partial charge in [0.2, 0.25) is 0 Å². The van der Waals surface area contributed by atoms with Gasteiger partial charge in [-0.2, -0.15) is 0 Å². The van der Waals surface area contributed by atoms with Crippen LogP contribution in [-0.4, -0.2) is 38.2 Å². The van der Waals surface area contributed by atoms with E-state index >= 15 is 0 Å². The summed E-state index contributed by atoms with van der Waals surface area (Å²) in [6.45, 7) is 4.65. The van der Waals surface area contributed by atoms with Crippen LogP contribution < -0.4 is 0 Å². The van der Waals surface area contributed by atoms with E-state index in [-0.39, 0.29) is 6.04 Å². The van der Waals surface area contributed by atoms with Gasteiger partial charge in [-0.1, -0.05) is 32.3 Å². The summed E-state index contributed by atoms with van der Waals surface area (Å²) in [5.74, 6) is 1.80. The summed E-state index contributed by atoms with van der Waals surface area (Å²) in [5.41, 5.74) is 0. The van der Waals surface area contributed by atoms with Gasteiger partial charge in [-0.05, 0) is 60.0 Å². The smallest absolute Gasteiger partial charge is 0.174 e. The molecule has 3 heterocycles. The van der Waals surface area contributed by atoms with Gasteiger partial charge >= 0.3 is 0 Å². The molecule has 4 rings (SSSR count). The Morgan fingerprint density at radius 1 is 1.17 bits per heavy atom. The monoisotopic (exact) mass is 345 g/mol. The third-order valence-electron chi connectivity index (χ3n) is 5.55. The Hall–Kier alpha value is -1.27. The van der Waals surface area contributed by atoms with Gasteiger partial charge < -0.3 is 0 Å². The van der Waals surface area contributed by atoms with E-state index in [0.717, 1.165) is 24.8 Å². The lowest BCUT2D eigenvalue weighted by molar-refractivity contribution is 0.140. The van der Waals surface area contributed by atoms with Crippen LogP contribution in [0.3, 0.4) is 0 Å². The fraction of sp³-hybridized carbons (Fsp3) is 0.722. The van der Waals surface area contributed by atoms with Crippen molar-refractivity contribution in [3.63, 3.8) is 0 Å². The van der Waals surface area contributed by atoms with E-state index in [1.165, 1.54) is 49.8 Å². The van der Waals surface area contributed by atoms with Crippen LogP contribution >= 0.6 is 11.3 Å². The molecule has 0 N–H and O–H groups in total. The highest BCUT2D eigenvalue weighted by molar-refractivity contribution is 7.10. The minimum Gasteiger partial charge on any atom is -0.289 e. The summed E-state index contributed by atoms with van der Waals surface area (Å²) < 4.78 is 2.16. The van der Waals surface area contributed by atoms with Crippen LogP contribution in [-0.2, 0) is 0 Å². The molecule has 0 aromatic carbocycles. The third kappa shape index (κ3) is 3.26. The van der Waals surface area contributed by atoms with Crippen LogP contribution in [0, 0.1) is 5.92 Å². The van der Waals surface area contributed by atoms with E-state index in [1.807, 2.05) is 11.3 Å². The fourth-order valence-corrected chi connectivity index (χ4v) is 5.20. The zero-order valence-electron chi connectivity index (χ0n) is 14.5. The van der Waals surface area contributed by atoms with E-state index in [9.17, 15) is 0 Å². The van der Waals surface area contributed by atoms with Crippen molar-refractivity contribution >= 4 is 11.3 Å². The molecule has 130 valence electrons. The molecular formula is C18H27N5S. The standard InChI is InChI=1S/C18H27N5S/c1-14-7-5-11-22(13-14)17(16-10-6-12-24-16)18-19-20-21-23(18)15-8-3-2-4-9-15/h6,10,12,14-15,17H,2-5,7-9,11,13H2,1H3/t14-,17+/m0/s1. The van der Waals surface area contributed by atoms with Crippen LogP contribution in [0.4, 0.5) is 0 Å². The van der Waals surface area contributed by atoms with Gasteiger partial charge in [-0.25, -0.2) is 4.68 Å². The highest BCUT2D eigenvalue weighted by Crippen LogP contribution is 2.36. The molecule has 0 amide bonds. The quantitative estimate of drug-likeness (QED) is 0.838. The van der Waals surface area contributed by atoms with Crippen LogP contribution in [0.2, 0.25) is 0 Å². The van der Waals surface area contributed by atoms with Gasteiger partial charge in [0.1, 0.15) is 6.04 Å². The van der Waals surface area contributed by atoms with Crippen molar-refractivity contribution in [2.45, 2.75) is 64.0 Å². The van der Waals surface area contributed by atoms with Gasteiger partial charge in [0.15, 0.2) is 5.82 Å². The topological polar surface area (TPSA) is 46.8 Å². The molecule has 24 heavy (non-hydrogen) atoms. The second-order valence-corrected chi connectivity index (χ2v) is 8.41. The fourth-order valence-electron chi connectivity index (χ4n) is 4.34. The number of thiophene rings is 1. The molecule has 2 fully saturated rings. The van der Waals surface area contributed by atoms with E-state index < -0.39 is 0 Å². The molecule has 0 bridgehead atoms. The Bertz CT molecular complexity index is 632. The van der Waals surface area contributed by atoms with Gasteiger partial charge in [0.25, 0.3) is 0 Å². The second-order valence-electron chi connectivity index (χ2n) is 7.43. The highest BCUT2D eigenvalue weighted by atomic mass is 32.1. The van der Waals surface area contributed by atoms with Crippen molar-refractivity contribution < 1.29 is 0 Å². The molecule has 1 aliphatic heterocycles. The average molecular weight is 346 g/mol. The summed E-state index contributed by atoms with van der Waals surface area (Å²) in [6.07, 6.45) is 8.99. The maximum absolute atomic E-state index is 4.51. The van der Waals surface area contributed by atoms with E-state index in [2.05, 4.69) is 49.5 Å².